The average molecular weight is 431 g/mol. The van der Waals surface area contributed by atoms with Gasteiger partial charge in [0.1, 0.15) is 12.0 Å². The standard InChI is InChI=1S/C29H30BN3/c1-3-8-21(9-4-1)22-14-16-24(17-15-22)28-31-27(23-10-5-2-6-11-23)32-29(33-28)25-12-7-13-26(20-25)30-18-19-30/h1-10,12-14,16-17,20,22-23,27,29,32H,11,15,18-19H2,(H,31,33). The molecule has 0 aromatic heterocycles. The van der Waals surface area contributed by atoms with E-state index in [0.717, 1.165) is 25.4 Å². The molecule has 4 unspecified atom stereocenters. The number of hydrogen-bond acceptors (Lipinski definition) is 3. The van der Waals surface area contributed by atoms with Crippen molar-refractivity contribution in [2.45, 2.75) is 43.7 Å². The van der Waals surface area contributed by atoms with Gasteiger partial charge in [-0.15, -0.1) is 0 Å². The Morgan fingerprint density at radius 3 is 2.52 bits per heavy atom. The largest absolute Gasteiger partial charge is 0.354 e. The number of benzene rings is 2. The zero-order valence-electron chi connectivity index (χ0n) is 18.9. The first-order valence-corrected chi connectivity index (χ1v) is 12.3. The van der Waals surface area contributed by atoms with Crippen LogP contribution in [0.1, 0.15) is 36.1 Å². The van der Waals surface area contributed by atoms with E-state index in [0.29, 0.717) is 11.8 Å². The minimum Gasteiger partial charge on any atom is -0.354 e. The fraction of sp³-hybridized carbons (Fsp3) is 0.276. The van der Waals surface area contributed by atoms with E-state index >= 15 is 0 Å². The molecule has 2 aliphatic heterocycles. The summed E-state index contributed by atoms with van der Waals surface area (Å²) in [5, 5.41) is 7.53. The first kappa shape index (κ1) is 20.5. The van der Waals surface area contributed by atoms with E-state index in [9.17, 15) is 0 Å². The number of hydrogen-bond donors (Lipinski definition) is 2. The predicted octanol–water partition coefficient (Wildman–Crippen LogP) is 5.12. The van der Waals surface area contributed by atoms with Gasteiger partial charge in [-0.1, -0.05) is 115 Å². The zero-order valence-corrected chi connectivity index (χ0v) is 18.9. The van der Waals surface area contributed by atoms with Gasteiger partial charge in [-0.25, -0.2) is 4.99 Å². The summed E-state index contributed by atoms with van der Waals surface area (Å²) in [6.07, 6.45) is 20.6. The highest BCUT2D eigenvalue weighted by molar-refractivity contribution is 6.82. The van der Waals surface area contributed by atoms with Crippen molar-refractivity contribution in [3.63, 3.8) is 0 Å². The lowest BCUT2D eigenvalue weighted by Crippen LogP contribution is -2.54. The average Bonchev–Trinajstić information content (AvgIpc) is 3.76. The number of aliphatic imine (C=N–C) groups is 1. The first-order valence-electron chi connectivity index (χ1n) is 12.3. The van der Waals surface area contributed by atoms with Crippen molar-refractivity contribution < 1.29 is 0 Å². The lowest BCUT2D eigenvalue weighted by Gasteiger charge is -2.36. The van der Waals surface area contributed by atoms with E-state index in [2.05, 4.69) is 108 Å². The molecule has 1 fully saturated rings. The molecule has 33 heavy (non-hydrogen) atoms. The molecule has 164 valence electrons. The maximum absolute atomic E-state index is 5.17. The second-order valence-electron chi connectivity index (χ2n) is 9.60. The Kier molecular flexibility index (Phi) is 5.61. The van der Waals surface area contributed by atoms with Crippen molar-refractivity contribution in [1.29, 1.82) is 0 Å². The molecule has 0 bridgehead atoms. The topological polar surface area (TPSA) is 36.4 Å². The molecule has 4 heteroatoms. The van der Waals surface area contributed by atoms with Gasteiger partial charge in [0.2, 0.25) is 0 Å². The van der Waals surface area contributed by atoms with Crippen LogP contribution in [0.25, 0.3) is 0 Å². The van der Waals surface area contributed by atoms with Crippen molar-refractivity contribution in [3.05, 3.63) is 114 Å². The third-order valence-electron chi connectivity index (χ3n) is 7.21. The van der Waals surface area contributed by atoms with E-state index < -0.39 is 0 Å². The lowest BCUT2D eigenvalue weighted by molar-refractivity contribution is 0.328. The molecular weight excluding hydrogens is 401 g/mol. The van der Waals surface area contributed by atoms with Crippen molar-refractivity contribution >= 4 is 18.0 Å². The third kappa shape index (κ3) is 4.53. The maximum Gasteiger partial charge on any atom is 0.174 e. The third-order valence-corrected chi connectivity index (χ3v) is 7.21. The number of nitrogens with zero attached hydrogens (tertiary/aromatic N) is 1. The predicted molar refractivity (Wildman–Crippen MR) is 139 cm³/mol. The Hall–Kier alpha value is -3.11. The highest BCUT2D eigenvalue weighted by atomic mass is 15.3. The van der Waals surface area contributed by atoms with Crippen molar-refractivity contribution in [2.75, 3.05) is 0 Å². The minimum absolute atomic E-state index is 0.0367. The van der Waals surface area contributed by atoms with Gasteiger partial charge in [0.25, 0.3) is 0 Å². The second kappa shape index (κ2) is 9.03. The quantitative estimate of drug-likeness (QED) is 0.645. The van der Waals surface area contributed by atoms with Crippen LogP contribution in [0.15, 0.2) is 108 Å². The van der Waals surface area contributed by atoms with E-state index in [-0.39, 0.29) is 12.3 Å². The van der Waals surface area contributed by atoms with Crippen LogP contribution < -0.4 is 16.1 Å². The monoisotopic (exact) mass is 431 g/mol. The van der Waals surface area contributed by atoms with E-state index in [1.165, 1.54) is 34.8 Å². The Morgan fingerprint density at radius 1 is 0.879 bits per heavy atom. The van der Waals surface area contributed by atoms with E-state index in [1.807, 2.05) is 0 Å². The molecule has 6 rings (SSSR count). The highest BCUT2D eigenvalue weighted by Gasteiger charge is 2.32. The maximum atomic E-state index is 5.17. The van der Waals surface area contributed by atoms with Crippen molar-refractivity contribution in [3.8, 4) is 0 Å². The van der Waals surface area contributed by atoms with Gasteiger partial charge in [0.15, 0.2) is 6.71 Å². The van der Waals surface area contributed by atoms with Crippen molar-refractivity contribution in [1.82, 2.24) is 10.6 Å². The first-order chi connectivity index (χ1) is 16.3. The van der Waals surface area contributed by atoms with Gasteiger partial charge >= 0.3 is 0 Å². The summed E-state index contributed by atoms with van der Waals surface area (Å²) in [6.45, 7) is 0.747. The fourth-order valence-corrected chi connectivity index (χ4v) is 5.11. The number of rotatable bonds is 5. The second-order valence-corrected chi connectivity index (χ2v) is 9.60. The molecule has 2 heterocycles. The SMILES string of the molecule is C1=CCC(C2NC(C3=CCC(c4ccccc4)C=C3)=NC(c3cccc(B4CC4)c3)N2)C=C1. The molecule has 1 saturated heterocycles. The van der Waals surface area contributed by atoms with E-state index in [4.69, 9.17) is 4.99 Å². The van der Waals surface area contributed by atoms with Gasteiger partial charge in [-0.2, -0.15) is 0 Å². The molecule has 2 aromatic rings. The summed E-state index contributed by atoms with van der Waals surface area (Å²) in [5.41, 5.74) is 5.30. The van der Waals surface area contributed by atoms with Crippen LogP contribution in [-0.2, 0) is 0 Å². The van der Waals surface area contributed by atoms with Crippen LogP contribution in [0.5, 0.6) is 0 Å². The summed E-state index contributed by atoms with van der Waals surface area (Å²) < 4.78 is 0. The number of amidine groups is 1. The molecule has 2 N–H and O–H groups in total. The van der Waals surface area contributed by atoms with Crippen molar-refractivity contribution in [2.24, 2.45) is 10.9 Å². The van der Waals surface area contributed by atoms with Gasteiger partial charge in [-0.05, 0) is 24.0 Å². The molecule has 2 aromatic carbocycles. The van der Waals surface area contributed by atoms with Gasteiger partial charge in [-0.3, -0.25) is 5.32 Å². The Labute approximate surface area is 197 Å². The summed E-state index contributed by atoms with van der Waals surface area (Å²) in [4.78, 5) is 5.17. The van der Waals surface area contributed by atoms with Gasteiger partial charge < -0.3 is 5.32 Å². The summed E-state index contributed by atoms with van der Waals surface area (Å²) >= 11 is 0. The Balaban J connectivity index is 1.28. The summed E-state index contributed by atoms with van der Waals surface area (Å²) in [7, 11) is 0. The minimum atomic E-state index is -0.0367. The molecular formula is C29H30BN3. The summed E-state index contributed by atoms with van der Waals surface area (Å²) in [6, 6.07) is 19.8. The Morgan fingerprint density at radius 2 is 1.76 bits per heavy atom. The summed E-state index contributed by atoms with van der Waals surface area (Å²) in [5.74, 6) is 1.84. The van der Waals surface area contributed by atoms with Crippen LogP contribution in [0.2, 0.25) is 12.6 Å². The molecule has 0 saturated carbocycles. The van der Waals surface area contributed by atoms with Crippen LogP contribution in [-0.4, -0.2) is 18.7 Å². The fourth-order valence-electron chi connectivity index (χ4n) is 5.11. The molecule has 0 radical (unpaired) electrons. The van der Waals surface area contributed by atoms with Crippen LogP contribution in [0, 0.1) is 5.92 Å². The number of nitrogens with one attached hydrogen (secondary N) is 2. The van der Waals surface area contributed by atoms with Gasteiger partial charge in [0, 0.05) is 17.4 Å². The van der Waals surface area contributed by atoms with Gasteiger partial charge in [0.05, 0.1) is 6.17 Å². The molecule has 0 spiro atoms. The Bertz CT molecular complexity index is 1160. The lowest BCUT2D eigenvalue weighted by atomic mass is 9.63. The van der Waals surface area contributed by atoms with Crippen LogP contribution in [0.3, 0.4) is 0 Å². The van der Waals surface area contributed by atoms with Crippen LogP contribution >= 0.6 is 0 Å². The molecule has 4 aliphatic rings. The zero-order chi connectivity index (χ0) is 22.0. The number of allylic oxidation sites excluding steroid dienone is 5. The molecule has 0 amide bonds. The normalized spacial score (nSPS) is 28.2. The highest BCUT2D eigenvalue weighted by Crippen LogP contribution is 2.30. The molecule has 2 aliphatic carbocycles. The van der Waals surface area contributed by atoms with E-state index in [1.54, 1.807) is 0 Å². The smallest absolute Gasteiger partial charge is 0.174 e. The molecule has 4 atom stereocenters. The molecule has 3 nitrogen and oxygen atoms in total. The van der Waals surface area contributed by atoms with Crippen LogP contribution in [0.4, 0.5) is 0 Å².